The van der Waals surface area contributed by atoms with Crippen LogP contribution in [-0.2, 0) is 6.42 Å². The highest BCUT2D eigenvalue weighted by molar-refractivity contribution is 9.10. The molecule has 0 radical (unpaired) electrons. The zero-order chi connectivity index (χ0) is 23.5. The predicted molar refractivity (Wildman–Crippen MR) is 130 cm³/mol. The monoisotopic (exact) mass is 508 g/mol. The number of pyridine rings is 1. The van der Waals surface area contributed by atoms with E-state index < -0.39 is 11.6 Å². The van der Waals surface area contributed by atoms with Gasteiger partial charge in [0.05, 0.1) is 12.1 Å². The Labute approximate surface area is 199 Å². The molecule has 0 fully saturated rings. The van der Waals surface area contributed by atoms with Crippen molar-refractivity contribution in [3.05, 3.63) is 92.8 Å². The minimum Gasteiger partial charge on any atom is -0.358 e. The van der Waals surface area contributed by atoms with Crippen molar-refractivity contribution in [3.8, 4) is 0 Å². The van der Waals surface area contributed by atoms with Gasteiger partial charge in [-0.1, -0.05) is 23.8 Å². The standard InChI is InChI=1S/C25H22BrFN4O2/c1-15-3-4-16(20(11-15)25(33)30-23-8-6-18(26)14-29-23)13-22(32)19-7-5-17(12-21(19)27)24-28-9-10-31(24)2/h3-8,11-12,14H,9-10,13H2,1-2H3,(H,29,30,33). The number of likely N-dealkylation sites (N-methyl/N-ethyl adjacent to an activating group) is 1. The molecule has 6 nitrogen and oxygen atoms in total. The molecule has 2 aromatic carbocycles. The van der Waals surface area contributed by atoms with E-state index in [0.29, 0.717) is 34.9 Å². The van der Waals surface area contributed by atoms with Gasteiger partial charge in [0.1, 0.15) is 17.5 Å². The molecular formula is C25H22BrFN4O2. The van der Waals surface area contributed by atoms with Crippen LogP contribution in [0.25, 0.3) is 0 Å². The van der Waals surface area contributed by atoms with Crippen LogP contribution >= 0.6 is 15.9 Å². The Morgan fingerprint density at radius 1 is 1.12 bits per heavy atom. The van der Waals surface area contributed by atoms with Crippen LogP contribution in [0.1, 0.15) is 37.4 Å². The molecule has 1 aliphatic rings. The number of amides is 1. The summed E-state index contributed by atoms with van der Waals surface area (Å²) < 4.78 is 15.6. The number of aliphatic imine (C=N–C) groups is 1. The SMILES string of the molecule is Cc1ccc(CC(=O)c2ccc(C3=NCCN3C)cc2F)c(C(=O)Nc2ccc(Br)cn2)c1. The first kappa shape index (κ1) is 22.8. The van der Waals surface area contributed by atoms with Gasteiger partial charge >= 0.3 is 0 Å². The number of aromatic nitrogens is 1. The average Bonchev–Trinajstić information content (AvgIpc) is 3.22. The number of amidine groups is 1. The lowest BCUT2D eigenvalue weighted by Crippen LogP contribution is -2.23. The van der Waals surface area contributed by atoms with Crippen LogP contribution in [0, 0.1) is 12.7 Å². The van der Waals surface area contributed by atoms with Gasteiger partial charge in [-0.2, -0.15) is 0 Å². The Morgan fingerprint density at radius 2 is 1.94 bits per heavy atom. The van der Waals surface area contributed by atoms with E-state index in [2.05, 4.69) is 31.2 Å². The minimum absolute atomic E-state index is 0.0125. The molecule has 0 saturated heterocycles. The van der Waals surface area contributed by atoms with Crippen molar-refractivity contribution >= 4 is 39.3 Å². The number of carbonyl (C=O) groups excluding carboxylic acids is 2. The molecule has 1 amide bonds. The highest BCUT2D eigenvalue weighted by Gasteiger charge is 2.21. The van der Waals surface area contributed by atoms with E-state index in [4.69, 9.17) is 0 Å². The molecule has 0 bridgehead atoms. The molecule has 3 aromatic rings. The van der Waals surface area contributed by atoms with Crippen molar-refractivity contribution in [2.24, 2.45) is 4.99 Å². The summed E-state index contributed by atoms with van der Waals surface area (Å²) in [5.74, 6) is -0.275. The summed E-state index contributed by atoms with van der Waals surface area (Å²) in [6, 6.07) is 13.2. The number of halogens is 2. The number of rotatable bonds is 6. The molecule has 4 rings (SSSR count). The zero-order valence-corrected chi connectivity index (χ0v) is 19.8. The van der Waals surface area contributed by atoms with E-state index in [9.17, 15) is 14.0 Å². The predicted octanol–water partition coefficient (Wildman–Crippen LogP) is 4.66. The second-order valence-corrected chi connectivity index (χ2v) is 8.81. The molecule has 0 unspecified atom stereocenters. The van der Waals surface area contributed by atoms with Crippen LogP contribution in [0.2, 0.25) is 0 Å². The van der Waals surface area contributed by atoms with E-state index in [1.165, 1.54) is 12.1 Å². The summed E-state index contributed by atoms with van der Waals surface area (Å²) >= 11 is 3.31. The zero-order valence-electron chi connectivity index (χ0n) is 18.2. The number of nitrogens with zero attached hydrogens (tertiary/aromatic N) is 3. The van der Waals surface area contributed by atoms with Crippen molar-refractivity contribution in [1.82, 2.24) is 9.88 Å². The van der Waals surface area contributed by atoms with E-state index in [-0.39, 0.29) is 17.9 Å². The Kier molecular flexibility index (Phi) is 6.65. The number of hydrogen-bond acceptors (Lipinski definition) is 5. The maximum Gasteiger partial charge on any atom is 0.257 e. The highest BCUT2D eigenvalue weighted by atomic mass is 79.9. The molecule has 1 N–H and O–H groups in total. The van der Waals surface area contributed by atoms with E-state index in [1.54, 1.807) is 36.5 Å². The molecular weight excluding hydrogens is 487 g/mol. The fourth-order valence-electron chi connectivity index (χ4n) is 3.68. The summed E-state index contributed by atoms with van der Waals surface area (Å²) in [6.07, 6.45) is 1.48. The van der Waals surface area contributed by atoms with Gasteiger partial charge < -0.3 is 10.2 Å². The van der Waals surface area contributed by atoms with Crippen LogP contribution in [0.15, 0.2) is 64.2 Å². The molecule has 0 aliphatic carbocycles. The van der Waals surface area contributed by atoms with Gasteiger partial charge in [-0.15, -0.1) is 0 Å². The normalized spacial score (nSPS) is 13.1. The Hall–Kier alpha value is -3.39. The van der Waals surface area contributed by atoms with Gasteiger partial charge in [0.2, 0.25) is 0 Å². The smallest absolute Gasteiger partial charge is 0.257 e. The van der Waals surface area contributed by atoms with Crippen molar-refractivity contribution in [1.29, 1.82) is 0 Å². The lowest BCUT2D eigenvalue weighted by molar-refractivity contribution is 0.0988. The van der Waals surface area contributed by atoms with E-state index in [0.717, 1.165) is 16.6 Å². The van der Waals surface area contributed by atoms with Gasteiger partial charge in [-0.05, 0) is 58.7 Å². The van der Waals surface area contributed by atoms with Gasteiger partial charge in [-0.25, -0.2) is 9.37 Å². The Balaban J connectivity index is 1.56. The summed E-state index contributed by atoms with van der Waals surface area (Å²) in [5.41, 5.74) is 2.37. The first-order valence-electron chi connectivity index (χ1n) is 10.4. The first-order valence-corrected chi connectivity index (χ1v) is 11.2. The third kappa shape index (κ3) is 5.17. The minimum atomic E-state index is -0.599. The number of Topliss-reactive ketones (excluding diaryl/α,β-unsaturated/α-hetero) is 1. The lowest BCUT2D eigenvalue weighted by atomic mass is 9.96. The first-order chi connectivity index (χ1) is 15.8. The Bertz CT molecular complexity index is 1260. The van der Waals surface area contributed by atoms with Gasteiger partial charge in [-0.3, -0.25) is 14.6 Å². The largest absolute Gasteiger partial charge is 0.358 e. The van der Waals surface area contributed by atoms with Gasteiger partial charge in [0.25, 0.3) is 5.91 Å². The van der Waals surface area contributed by atoms with Crippen LogP contribution in [0.3, 0.4) is 0 Å². The van der Waals surface area contributed by atoms with Crippen molar-refractivity contribution in [3.63, 3.8) is 0 Å². The van der Waals surface area contributed by atoms with Gasteiger partial charge in [0, 0.05) is 41.8 Å². The lowest BCUT2D eigenvalue weighted by Gasteiger charge is -2.14. The molecule has 0 atom stereocenters. The maximum absolute atomic E-state index is 14.8. The average molecular weight is 509 g/mol. The van der Waals surface area contributed by atoms with Crippen LogP contribution in [-0.4, -0.2) is 47.5 Å². The summed E-state index contributed by atoms with van der Waals surface area (Å²) in [5, 5.41) is 2.75. The molecule has 8 heteroatoms. The quantitative estimate of drug-likeness (QED) is 0.491. The molecule has 33 heavy (non-hydrogen) atoms. The third-order valence-electron chi connectivity index (χ3n) is 5.42. The third-order valence-corrected chi connectivity index (χ3v) is 5.89. The molecule has 2 heterocycles. The highest BCUT2D eigenvalue weighted by Crippen LogP contribution is 2.20. The van der Waals surface area contributed by atoms with Crippen LogP contribution in [0.4, 0.5) is 10.2 Å². The fourth-order valence-corrected chi connectivity index (χ4v) is 3.92. The number of hydrogen-bond donors (Lipinski definition) is 1. The molecule has 1 aliphatic heterocycles. The van der Waals surface area contributed by atoms with Crippen molar-refractivity contribution < 1.29 is 14.0 Å². The maximum atomic E-state index is 14.8. The molecule has 168 valence electrons. The van der Waals surface area contributed by atoms with Crippen molar-refractivity contribution in [2.45, 2.75) is 13.3 Å². The second kappa shape index (κ2) is 9.62. The van der Waals surface area contributed by atoms with Crippen LogP contribution in [0.5, 0.6) is 0 Å². The summed E-state index contributed by atoms with van der Waals surface area (Å²) in [4.78, 5) is 36.4. The number of anilines is 1. The molecule has 0 spiro atoms. The second-order valence-electron chi connectivity index (χ2n) is 7.90. The number of aryl methyl sites for hydroxylation is 1. The van der Waals surface area contributed by atoms with Crippen molar-refractivity contribution in [2.75, 3.05) is 25.5 Å². The van der Waals surface area contributed by atoms with Gasteiger partial charge in [0.15, 0.2) is 5.78 Å². The molecule has 0 saturated carbocycles. The summed E-state index contributed by atoms with van der Waals surface area (Å²) in [6.45, 7) is 3.31. The fraction of sp³-hybridized carbons (Fsp3) is 0.200. The topological polar surface area (TPSA) is 74.7 Å². The Morgan fingerprint density at radius 3 is 2.61 bits per heavy atom. The number of nitrogens with one attached hydrogen (secondary N) is 1. The number of benzene rings is 2. The number of carbonyl (C=O) groups is 2. The summed E-state index contributed by atoms with van der Waals surface area (Å²) in [7, 11) is 1.90. The number of ketones is 1. The van der Waals surface area contributed by atoms with Crippen LogP contribution < -0.4 is 5.32 Å². The molecule has 1 aromatic heterocycles. The van der Waals surface area contributed by atoms with E-state index in [1.807, 2.05) is 24.9 Å². The van der Waals surface area contributed by atoms with E-state index >= 15 is 0 Å².